The molecule has 0 aliphatic carbocycles. The van der Waals surface area contributed by atoms with Gasteiger partial charge in [-0.1, -0.05) is 17.7 Å². The summed E-state index contributed by atoms with van der Waals surface area (Å²) >= 11 is 0. The van der Waals surface area contributed by atoms with Crippen LogP contribution >= 0.6 is 0 Å². The highest BCUT2D eigenvalue weighted by Crippen LogP contribution is 2.23. The van der Waals surface area contributed by atoms with Crippen LogP contribution in [-0.2, 0) is 6.42 Å². The summed E-state index contributed by atoms with van der Waals surface area (Å²) in [6, 6.07) is 6.25. The van der Waals surface area contributed by atoms with E-state index in [9.17, 15) is 0 Å². The molecule has 0 fully saturated rings. The first-order valence-electron chi connectivity index (χ1n) is 3.77. The number of rotatable bonds is 0. The number of hydrogen-bond donors (Lipinski definition) is 0. The van der Waals surface area contributed by atoms with Crippen molar-refractivity contribution in [3.63, 3.8) is 0 Å². The first-order chi connectivity index (χ1) is 5.36. The molecule has 0 saturated heterocycles. The summed E-state index contributed by atoms with van der Waals surface area (Å²) in [5, 5.41) is 0. The molecule has 11 heavy (non-hydrogen) atoms. The molecular weight excluding hydrogens is 136 g/mol. The van der Waals surface area contributed by atoms with Gasteiger partial charge >= 0.3 is 0 Å². The van der Waals surface area contributed by atoms with Crippen LogP contribution < -0.4 is 4.74 Å². The van der Waals surface area contributed by atoms with Crippen molar-refractivity contribution in [1.29, 1.82) is 0 Å². The lowest BCUT2D eigenvalue weighted by molar-refractivity contribution is 0.464. The van der Waals surface area contributed by atoms with Crippen LogP contribution in [0.5, 0.6) is 5.75 Å². The number of benzene rings is 1. The molecule has 0 saturated carbocycles. The maximum absolute atomic E-state index is 5.30. The van der Waals surface area contributed by atoms with E-state index in [4.69, 9.17) is 4.74 Å². The molecule has 0 amide bonds. The van der Waals surface area contributed by atoms with E-state index in [0.29, 0.717) is 0 Å². The van der Waals surface area contributed by atoms with Crippen LogP contribution in [-0.4, -0.2) is 0 Å². The van der Waals surface area contributed by atoms with Crippen LogP contribution in [0.4, 0.5) is 0 Å². The number of hydrogen-bond acceptors (Lipinski definition) is 1. The van der Waals surface area contributed by atoms with E-state index in [0.717, 1.165) is 12.2 Å². The van der Waals surface area contributed by atoms with Crippen LogP contribution in [0, 0.1) is 6.92 Å². The summed E-state index contributed by atoms with van der Waals surface area (Å²) in [6.45, 7) is 2.10. The molecule has 1 aliphatic heterocycles. The monoisotopic (exact) mass is 146 g/mol. The number of ether oxygens (including phenoxy) is 1. The lowest BCUT2D eigenvalue weighted by atomic mass is 10.1. The van der Waals surface area contributed by atoms with E-state index in [-0.39, 0.29) is 0 Å². The van der Waals surface area contributed by atoms with Crippen molar-refractivity contribution in [2.75, 3.05) is 0 Å². The first-order valence-corrected chi connectivity index (χ1v) is 3.77. The van der Waals surface area contributed by atoms with Crippen molar-refractivity contribution in [3.8, 4) is 5.75 Å². The fraction of sp³-hybridized carbons (Fsp3) is 0.200. The Morgan fingerprint density at radius 3 is 3.18 bits per heavy atom. The van der Waals surface area contributed by atoms with E-state index in [1.165, 1.54) is 11.1 Å². The summed E-state index contributed by atoms with van der Waals surface area (Å²) in [6.07, 6.45) is 4.77. The second kappa shape index (κ2) is 2.42. The average molecular weight is 146 g/mol. The van der Waals surface area contributed by atoms with E-state index in [1.807, 2.05) is 12.1 Å². The number of fused-ring (bicyclic) bond motifs is 1. The van der Waals surface area contributed by atoms with Gasteiger partial charge < -0.3 is 4.74 Å². The lowest BCUT2D eigenvalue weighted by Gasteiger charge is -2.11. The molecular formula is C10H10O. The molecule has 2 rings (SSSR count). The SMILES string of the molecule is Cc1ccc2c(c1)CC=CO2. The van der Waals surface area contributed by atoms with Gasteiger partial charge in [-0.2, -0.15) is 0 Å². The minimum atomic E-state index is 0.997. The maximum atomic E-state index is 5.30. The predicted molar refractivity (Wildman–Crippen MR) is 44.7 cm³/mol. The fourth-order valence-electron chi connectivity index (χ4n) is 1.28. The number of aryl methyl sites for hydroxylation is 1. The third-order valence-electron chi connectivity index (χ3n) is 1.84. The highest BCUT2D eigenvalue weighted by atomic mass is 16.5. The molecule has 0 unspecified atom stereocenters. The molecule has 0 aromatic heterocycles. The Morgan fingerprint density at radius 1 is 1.36 bits per heavy atom. The molecule has 1 heteroatoms. The zero-order chi connectivity index (χ0) is 7.68. The van der Waals surface area contributed by atoms with Crippen LogP contribution in [0.25, 0.3) is 0 Å². The van der Waals surface area contributed by atoms with Crippen molar-refractivity contribution in [3.05, 3.63) is 41.7 Å². The molecule has 0 spiro atoms. The van der Waals surface area contributed by atoms with Gasteiger partial charge in [0.15, 0.2) is 0 Å². The zero-order valence-corrected chi connectivity index (χ0v) is 6.50. The van der Waals surface area contributed by atoms with Crippen LogP contribution in [0.2, 0.25) is 0 Å². The van der Waals surface area contributed by atoms with Gasteiger partial charge in [-0.05, 0) is 31.1 Å². The van der Waals surface area contributed by atoms with Gasteiger partial charge in [0.05, 0.1) is 6.26 Å². The van der Waals surface area contributed by atoms with E-state index < -0.39 is 0 Å². The lowest BCUT2D eigenvalue weighted by Crippen LogP contribution is -1.95. The molecule has 0 atom stereocenters. The molecule has 1 aromatic rings. The summed E-state index contributed by atoms with van der Waals surface area (Å²) in [5.41, 5.74) is 2.58. The summed E-state index contributed by atoms with van der Waals surface area (Å²) in [5.74, 6) is 0.998. The summed E-state index contributed by atoms with van der Waals surface area (Å²) in [4.78, 5) is 0. The van der Waals surface area contributed by atoms with Gasteiger partial charge in [0.2, 0.25) is 0 Å². The highest BCUT2D eigenvalue weighted by Gasteiger charge is 2.04. The van der Waals surface area contributed by atoms with Gasteiger partial charge in [-0.15, -0.1) is 0 Å². The smallest absolute Gasteiger partial charge is 0.130 e. The largest absolute Gasteiger partial charge is 0.465 e. The maximum Gasteiger partial charge on any atom is 0.130 e. The van der Waals surface area contributed by atoms with Crippen molar-refractivity contribution < 1.29 is 4.74 Å². The zero-order valence-electron chi connectivity index (χ0n) is 6.50. The molecule has 1 heterocycles. The Hall–Kier alpha value is -1.24. The Morgan fingerprint density at radius 2 is 2.27 bits per heavy atom. The van der Waals surface area contributed by atoms with E-state index in [2.05, 4.69) is 19.1 Å². The van der Waals surface area contributed by atoms with Gasteiger partial charge in [-0.25, -0.2) is 0 Å². The van der Waals surface area contributed by atoms with Crippen molar-refractivity contribution in [1.82, 2.24) is 0 Å². The van der Waals surface area contributed by atoms with E-state index in [1.54, 1.807) is 6.26 Å². The topological polar surface area (TPSA) is 9.23 Å². The highest BCUT2D eigenvalue weighted by molar-refractivity contribution is 5.40. The Balaban J connectivity index is 2.48. The van der Waals surface area contributed by atoms with Crippen molar-refractivity contribution in [2.45, 2.75) is 13.3 Å². The number of allylic oxidation sites excluding steroid dienone is 1. The second-order valence-corrected chi connectivity index (χ2v) is 2.80. The third kappa shape index (κ3) is 1.14. The van der Waals surface area contributed by atoms with Crippen LogP contribution in [0.3, 0.4) is 0 Å². The average Bonchev–Trinajstić information content (AvgIpc) is 2.04. The van der Waals surface area contributed by atoms with Gasteiger partial charge in [-0.3, -0.25) is 0 Å². The Bertz CT molecular complexity index is 300. The molecule has 0 N–H and O–H groups in total. The predicted octanol–water partition coefficient (Wildman–Crippen LogP) is 2.44. The van der Waals surface area contributed by atoms with Gasteiger partial charge in [0.1, 0.15) is 5.75 Å². The quantitative estimate of drug-likeness (QED) is 0.546. The molecule has 1 aromatic carbocycles. The Kier molecular flexibility index (Phi) is 1.42. The normalized spacial score (nSPS) is 13.9. The standard InChI is InChI=1S/C10H10O/c1-8-4-5-10-9(7-8)3-2-6-11-10/h2,4-7H,3H2,1H3. The van der Waals surface area contributed by atoms with Crippen molar-refractivity contribution in [2.24, 2.45) is 0 Å². The van der Waals surface area contributed by atoms with E-state index >= 15 is 0 Å². The first kappa shape index (κ1) is 6.47. The van der Waals surface area contributed by atoms with Crippen molar-refractivity contribution >= 4 is 0 Å². The van der Waals surface area contributed by atoms with Gasteiger partial charge in [0, 0.05) is 0 Å². The fourth-order valence-corrected chi connectivity index (χ4v) is 1.28. The van der Waals surface area contributed by atoms with Crippen LogP contribution in [0.1, 0.15) is 11.1 Å². The summed E-state index contributed by atoms with van der Waals surface area (Å²) < 4.78 is 5.30. The van der Waals surface area contributed by atoms with Gasteiger partial charge in [0.25, 0.3) is 0 Å². The minimum absolute atomic E-state index is 0.997. The minimum Gasteiger partial charge on any atom is -0.465 e. The second-order valence-electron chi connectivity index (χ2n) is 2.80. The molecule has 56 valence electrons. The third-order valence-corrected chi connectivity index (χ3v) is 1.84. The summed E-state index contributed by atoms with van der Waals surface area (Å²) in [7, 11) is 0. The molecule has 0 radical (unpaired) electrons. The van der Waals surface area contributed by atoms with Crippen LogP contribution in [0.15, 0.2) is 30.5 Å². The molecule has 1 nitrogen and oxygen atoms in total. The molecule has 0 bridgehead atoms. The Labute approximate surface area is 66.3 Å². The molecule has 1 aliphatic rings.